The zero-order chi connectivity index (χ0) is 10.3. The predicted octanol–water partition coefficient (Wildman–Crippen LogP) is 1.58. The minimum absolute atomic E-state index is 0.310. The maximum Gasteiger partial charge on any atom is 0.200 e. The molecule has 0 spiro atoms. The lowest BCUT2D eigenvalue weighted by molar-refractivity contribution is 0.339. The van der Waals surface area contributed by atoms with E-state index in [4.69, 9.17) is 15.3 Å². The van der Waals surface area contributed by atoms with Crippen molar-refractivity contribution in [3.05, 3.63) is 31.0 Å². The van der Waals surface area contributed by atoms with Crippen LogP contribution in [0.25, 0.3) is 0 Å². The third-order valence-corrected chi connectivity index (χ3v) is 1.16. The van der Waals surface area contributed by atoms with Gasteiger partial charge in [0.25, 0.3) is 0 Å². The SMILES string of the molecule is C=COC.Oc1cccc(O)c1O. The van der Waals surface area contributed by atoms with E-state index in [0.717, 1.165) is 0 Å². The van der Waals surface area contributed by atoms with Gasteiger partial charge in [0.2, 0.25) is 0 Å². The summed E-state index contributed by atoms with van der Waals surface area (Å²) in [6, 6.07) is 4.01. The molecule has 0 saturated heterocycles. The van der Waals surface area contributed by atoms with Crippen molar-refractivity contribution in [3.63, 3.8) is 0 Å². The Morgan fingerprint density at radius 1 is 1.23 bits per heavy atom. The minimum Gasteiger partial charge on any atom is -0.505 e. The lowest BCUT2D eigenvalue weighted by Crippen LogP contribution is -1.67. The van der Waals surface area contributed by atoms with E-state index in [1.807, 2.05) is 0 Å². The second-order valence-corrected chi connectivity index (χ2v) is 2.05. The fraction of sp³-hybridized carbons (Fsp3) is 0.111. The first-order chi connectivity index (χ1) is 6.13. The minimum atomic E-state index is -0.475. The third-order valence-electron chi connectivity index (χ3n) is 1.16. The summed E-state index contributed by atoms with van der Waals surface area (Å²) in [4.78, 5) is 0. The van der Waals surface area contributed by atoms with Gasteiger partial charge in [-0.3, -0.25) is 0 Å². The molecule has 0 aliphatic rings. The van der Waals surface area contributed by atoms with Crippen molar-refractivity contribution in [1.82, 2.24) is 0 Å². The fourth-order valence-corrected chi connectivity index (χ4v) is 0.519. The molecule has 0 atom stereocenters. The number of phenols is 3. The van der Waals surface area contributed by atoms with Gasteiger partial charge in [-0.15, -0.1) is 0 Å². The zero-order valence-electron chi connectivity index (χ0n) is 7.27. The van der Waals surface area contributed by atoms with Gasteiger partial charge in [0.1, 0.15) is 0 Å². The van der Waals surface area contributed by atoms with Gasteiger partial charge in [-0.25, -0.2) is 0 Å². The highest BCUT2D eigenvalue weighted by Gasteiger charge is 2.00. The Hall–Kier alpha value is -1.84. The number of benzene rings is 1. The van der Waals surface area contributed by atoms with E-state index < -0.39 is 5.75 Å². The molecule has 13 heavy (non-hydrogen) atoms. The molecule has 0 unspecified atom stereocenters. The standard InChI is InChI=1S/C6H6O3.C3H6O/c7-4-2-1-3-5(8)6(4)9;1-3-4-2/h1-3,7-9H;3H,1H2,2H3. The summed E-state index contributed by atoms with van der Waals surface area (Å²) in [6.45, 7) is 3.26. The molecule has 4 nitrogen and oxygen atoms in total. The van der Waals surface area contributed by atoms with Crippen molar-refractivity contribution in [3.8, 4) is 17.2 Å². The fourth-order valence-electron chi connectivity index (χ4n) is 0.519. The van der Waals surface area contributed by atoms with Crippen LogP contribution in [0.4, 0.5) is 0 Å². The summed E-state index contributed by atoms with van der Waals surface area (Å²) >= 11 is 0. The summed E-state index contributed by atoms with van der Waals surface area (Å²) in [6.07, 6.45) is 1.38. The lowest BCUT2D eigenvalue weighted by Gasteiger charge is -1.96. The van der Waals surface area contributed by atoms with Crippen molar-refractivity contribution in [2.24, 2.45) is 0 Å². The van der Waals surface area contributed by atoms with Crippen molar-refractivity contribution in [2.75, 3.05) is 7.11 Å². The number of ether oxygens (including phenoxy) is 1. The second kappa shape index (κ2) is 5.77. The highest BCUT2D eigenvalue weighted by atomic mass is 16.5. The van der Waals surface area contributed by atoms with E-state index in [1.165, 1.54) is 24.5 Å². The number of phenolic OH excluding ortho intramolecular Hbond substituents is 3. The van der Waals surface area contributed by atoms with Crippen molar-refractivity contribution < 1.29 is 20.1 Å². The van der Waals surface area contributed by atoms with Gasteiger partial charge >= 0.3 is 0 Å². The Labute approximate surface area is 76.3 Å². The number of para-hydroxylation sites is 1. The first-order valence-electron chi connectivity index (χ1n) is 3.47. The summed E-state index contributed by atoms with van der Waals surface area (Å²) in [5.74, 6) is -1.09. The summed E-state index contributed by atoms with van der Waals surface area (Å²) in [7, 11) is 1.56. The monoisotopic (exact) mass is 184 g/mol. The molecule has 0 radical (unpaired) electrons. The van der Waals surface area contributed by atoms with Gasteiger partial charge < -0.3 is 20.1 Å². The number of methoxy groups -OCH3 is 1. The van der Waals surface area contributed by atoms with Gasteiger partial charge in [-0.2, -0.15) is 0 Å². The van der Waals surface area contributed by atoms with E-state index in [0.29, 0.717) is 0 Å². The van der Waals surface area contributed by atoms with Crippen LogP contribution in [0.15, 0.2) is 31.0 Å². The number of aromatic hydroxyl groups is 3. The van der Waals surface area contributed by atoms with E-state index in [1.54, 1.807) is 7.11 Å². The second-order valence-electron chi connectivity index (χ2n) is 2.05. The molecule has 0 amide bonds. The molecule has 1 aromatic carbocycles. The van der Waals surface area contributed by atoms with Crippen LogP contribution in [0.3, 0.4) is 0 Å². The molecule has 0 heterocycles. The normalized spacial score (nSPS) is 8.08. The van der Waals surface area contributed by atoms with E-state index in [2.05, 4.69) is 11.3 Å². The van der Waals surface area contributed by atoms with Crippen LogP contribution in [-0.4, -0.2) is 22.4 Å². The van der Waals surface area contributed by atoms with Crippen LogP contribution in [0.5, 0.6) is 17.2 Å². The highest BCUT2D eigenvalue weighted by molar-refractivity contribution is 5.47. The molecule has 0 aliphatic carbocycles. The first kappa shape index (κ1) is 11.2. The topological polar surface area (TPSA) is 69.9 Å². The molecule has 0 saturated carbocycles. The number of rotatable bonds is 1. The molecule has 0 fully saturated rings. The Morgan fingerprint density at radius 3 is 1.85 bits per heavy atom. The van der Waals surface area contributed by atoms with Crippen molar-refractivity contribution >= 4 is 0 Å². The average molecular weight is 184 g/mol. The smallest absolute Gasteiger partial charge is 0.200 e. The Kier molecular flexibility index (Phi) is 4.95. The third kappa shape index (κ3) is 3.91. The van der Waals surface area contributed by atoms with Crippen LogP contribution in [0.1, 0.15) is 0 Å². The van der Waals surface area contributed by atoms with Crippen LogP contribution in [-0.2, 0) is 4.74 Å². The molecular weight excluding hydrogens is 172 g/mol. The van der Waals surface area contributed by atoms with Gasteiger partial charge in [0.05, 0.1) is 13.4 Å². The number of hydrogen-bond acceptors (Lipinski definition) is 4. The van der Waals surface area contributed by atoms with E-state index in [-0.39, 0.29) is 11.5 Å². The number of hydrogen-bond donors (Lipinski definition) is 3. The summed E-state index contributed by atoms with van der Waals surface area (Å²) in [5, 5.41) is 26.1. The molecule has 72 valence electrons. The van der Waals surface area contributed by atoms with Crippen LogP contribution in [0.2, 0.25) is 0 Å². The lowest BCUT2D eigenvalue weighted by atomic mass is 10.3. The van der Waals surface area contributed by atoms with Crippen LogP contribution >= 0.6 is 0 Å². The van der Waals surface area contributed by atoms with E-state index in [9.17, 15) is 0 Å². The van der Waals surface area contributed by atoms with Gasteiger partial charge in [-0.05, 0) is 12.1 Å². The Bertz CT molecular complexity index is 250. The summed E-state index contributed by atoms with van der Waals surface area (Å²) < 4.78 is 4.31. The van der Waals surface area contributed by atoms with Gasteiger partial charge in [0, 0.05) is 0 Å². The van der Waals surface area contributed by atoms with E-state index >= 15 is 0 Å². The van der Waals surface area contributed by atoms with Gasteiger partial charge in [-0.1, -0.05) is 12.6 Å². The Morgan fingerprint density at radius 2 is 1.62 bits per heavy atom. The molecule has 0 aliphatic heterocycles. The molecule has 3 N–H and O–H groups in total. The predicted molar refractivity (Wildman–Crippen MR) is 48.6 cm³/mol. The summed E-state index contributed by atoms with van der Waals surface area (Å²) in [5.41, 5.74) is 0. The zero-order valence-corrected chi connectivity index (χ0v) is 7.27. The highest BCUT2D eigenvalue weighted by Crippen LogP contribution is 2.32. The van der Waals surface area contributed by atoms with Crippen LogP contribution in [0, 0.1) is 0 Å². The first-order valence-corrected chi connectivity index (χ1v) is 3.47. The quantitative estimate of drug-likeness (QED) is 0.457. The molecule has 0 aromatic heterocycles. The molecular formula is C9H12O4. The largest absolute Gasteiger partial charge is 0.505 e. The molecule has 0 bridgehead atoms. The molecule has 1 rings (SSSR count). The Balaban J connectivity index is 0.000000310. The average Bonchev–Trinajstić information content (AvgIpc) is 2.14. The maximum atomic E-state index is 8.71. The van der Waals surface area contributed by atoms with Gasteiger partial charge in [0.15, 0.2) is 17.2 Å². The van der Waals surface area contributed by atoms with Crippen molar-refractivity contribution in [1.29, 1.82) is 0 Å². The van der Waals surface area contributed by atoms with Crippen LogP contribution < -0.4 is 0 Å². The van der Waals surface area contributed by atoms with Crippen molar-refractivity contribution in [2.45, 2.75) is 0 Å². The molecule has 1 aromatic rings. The maximum absolute atomic E-state index is 8.71. The molecule has 4 heteroatoms.